The van der Waals surface area contributed by atoms with Crippen LogP contribution in [0.3, 0.4) is 0 Å². The minimum atomic E-state index is 0.0453. The van der Waals surface area contributed by atoms with Crippen LogP contribution in [-0.4, -0.2) is 50.9 Å². The van der Waals surface area contributed by atoms with Gasteiger partial charge in [-0.25, -0.2) is 0 Å². The lowest BCUT2D eigenvalue weighted by Gasteiger charge is -2.20. The number of ether oxygens (including phenoxy) is 1. The zero-order valence-electron chi connectivity index (χ0n) is 10.4. The van der Waals surface area contributed by atoms with Crippen molar-refractivity contribution in [3.8, 4) is 5.75 Å². The SMILES string of the molecule is CN1CCNCC(Oc2ccccc2)NCC1. The number of likely N-dealkylation sites (N-methyl/N-ethyl adjacent to an activating group) is 1. The molecule has 0 bridgehead atoms. The average Bonchev–Trinajstić information content (AvgIpc) is 2.44. The molecule has 0 aromatic heterocycles. The molecule has 17 heavy (non-hydrogen) atoms. The zero-order valence-corrected chi connectivity index (χ0v) is 10.4. The maximum absolute atomic E-state index is 5.89. The summed E-state index contributed by atoms with van der Waals surface area (Å²) in [4.78, 5) is 2.31. The largest absolute Gasteiger partial charge is 0.474 e. The standard InChI is InChI=1S/C13H21N3O/c1-16-9-7-14-11-13(15-8-10-16)17-12-5-3-2-4-6-12/h2-6,13-15H,7-11H2,1H3. The summed E-state index contributed by atoms with van der Waals surface area (Å²) in [6.07, 6.45) is 0.0453. The van der Waals surface area contributed by atoms with Gasteiger partial charge in [-0.3, -0.25) is 5.32 Å². The van der Waals surface area contributed by atoms with Gasteiger partial charge in [0.25, 0.3) is 0 Å². The lowest BCUT2D eigenvalue weighted by atomic mass is 10.3. The van der Waals surface area contributed by atoms with Crippen LogP contribution in [0, 0.1) is 0 Å². The minimum Gasteiger partial charge on any atom is -0.474 e. The first-order valence-corrected chi connectivity index (χ1v) is 6.19. The molecular formula is C13H21N3O. The third-order valence-electron chi connectivity index (χ3n) is 2.89. The number of benzene rings is 1. The summed E-state index contributed by atoms with van der Waals surface area (Å²) in [5.41, 5.74) is 0. The van der Waals surface area contributed by atoms with E-state index in [1.54, 1.807) is 0 Å². The third kappa shape index (κ3) is 4.34. The van der Waals surface area contributed by atoms with Crippen LogP contribution < -0.4 is 15.4 Å². The fraction of sp³-hybridized carbons (Fsp3) is 0.538. The second-order valence-corrected chi connectivity index (χ2v) is 4.38. The summed E-state index contributed by atoms with van der Waals surface area (Å²) in [5.74, 6) is 0.916. The van der Waals surface area contributed by atoms with Gasteiger partial charge >= 0.3 is 0 Å². The maximum Gasteiger partial charge on any atom is 0.162 e. The monoisotopic (exact) mass is 235 g/mol. The van der Waals surface area contributed by atoms with Gasteiger partial charge in [0.15, 0.2) is 6.23 Å². The first-order chi connectivity index (χ1) is 8.34. The van der Waals surface area contributed by atoms with E-state index in [1.165, 1.54) is 0 Å². The molecule has 4 heteroatoms. The van der Waals surface area contributed by atoms with Crippen LogP contribution in [0.15, 0.2) is 30.3 Å². The van der Waals surface area contributed by atoms with Gasteiger partial charge in [0.05, 0.1) is 0 Å². The molecule has 1 atom stereocenters. The van der Waals surface area contributed by atoms with Crippen molar-refractivity contribution in [3.63, 3.8) is 0 Å². The second-order valence-electron chi connectivity index (χ2n) is 4.38. The summed E-state index contributed by atoms with van der Waals surface area (Å²) in [7, 11) is 2.14. The van der Waals surface area contributed by atoms with Crippen LogP contribution >= 0.6 is 0 Å². The Morgan fingerprint density at radius 3 is 2.76 bits per heavy atom. The Morgan fingerprint density at radius 2 is 1.94 bits per heavy atom. The highest BCUT2D eigenvalue weighted by molar-refractivity contribution is 5.21. The van der Waals surface area contributed by atoms with Gasteiger partial charge in [-0.15, -0.1) is 0 Å². The normalized spacial score (nSPS) is 23.5. The number of nitrogens with one attached hydrogen (secondary N) is 2. The van der Waals surface area contributed by atoms with Crippen molar-refractivity contribution in [2.45, 2.75) is 6.23 Å². The molecule has 0 radical (unpaired) electrons. The third-order valence-corrected chi connectivity index (χ3v) is 2.89. The van der Waals surface area contributed by atoms with Crippen LogP contribution in [0.5, 0.6) is 5.75 Å². The van der Waals surface area contributed by atoms with E-state index in [0.29, 0.717) is 0 Å². The van der Waals surface area contributed by atoms with Gasteiger partial charge in [0, 0.05) is 32.7 Å². The molecule has 4 nitrogen and oxygen atoms in total. The molecule has 0 saturated carbocycles. The van der Waals surface area contributed by atoms with E-state index in [1.807, 2.05) is 30.3 Å². The summed E-state index contributed by atoms with van der Waals surface area (Å²) in [6, 6.07) is 9.95. The Morgan fingerprint density at radius 1 is 1.18 bits per heavy atom. The summed E-state index contributed by atoms with van der Waals surface area (Å²) in [6.45, 7) is 4.93. The van der Waals surface area contributed by atoms with Crippen LogP contribution in [-0.2, 0) is 0 Å². The molecule has 2 N–H and O–H groups in total. The molecule has 2 rings (SSSR count). The van der Waals surface area contributed by atoms with Crippen molar-refractivity contribution in [2.24, 2.45) is 0 Å². The van der Waals surface area contributed by atoms with Crippen LogP contribution in [0.4, 0.5) is 0 Å². The number of hydrogen-bond acceptors (Lipinski definition) is 4. The van der Waals surface area contributed by atoms with Crippen molar-refractivity contribution in [3.05, 3.63) is 30.3 Å². The fourth-order valence-corrected chi connectivity index (χ4v) is 1.85. The Balaban J connectivity index is 1.86. The molecule has 1 aliphatic heterocycles. The van der Waals surface area contributed by atoms with E-state index in [2.05, 4.69) is 22.6 Å². The van der Waals surface area contributed by atoms with E-state index in [9.17, 15) is 0 Å². The van der Waals surface area contributed by atoms with Crippen LogP contribution in [0.2, 0.25) is 0 Å². The van der Waals surface area contributed by atoms with Gasteiger partial charge in [0.2, 0.25) is 0 Å². The van der Waals surface area contributed by atoms with E-state index in [-0.39, 0.29) is 6.23 Å². The molecule has 0 aliphatic carbocycles. The molecule has 94 valence electrons. The highest BCUT2D eigenvalue weighted by Crippen LogP contribution is 2.09. The summed E-state index contributed by atoms with van der Waals surface area (Å²) in [5, 5.41) is 6.81. The lowest BCUT2D eigenvalue weighted by molar-refractivity contribution is 0.163. The molecule has 1 unspecified atom stereocenters. The predicted molar refractivity (Wildman–Crippen MR) is 69.2 cm³/mol. The first-order valence-electron chi connectivity index (χ1n) is 6.19. The van der Waals surface area contributed by atoms with Crippen molar-refractivity contribution < 1.29 is 4.74 Å². The quantitative estimate of drug-likeness (QED) is 0.783. The van der Waals surface area contributed by atoms with E-state index >= 15 is 0 Å². The summed E-state index contributed by atoms with van der Waals surface area (Å²) < 4.78 is 5.89. The Kier molecular flexibility index (Phi) is 4.79. The van der Waals surface area contributed by atoms with Gasteiger partial charge in [0.1, 0.15) is 5.75 Å². The molecule has 1 saturated heterocycles. The predicted octanol–water partition coefficient (Wildman–Crippen LogP) is 0.516. The number of hydrogen-bond donors (Lipinski definition) is 2. The van der Waals surface area contributed by atoms with Gasteiger partial charge in [-0.05, 0) is 19.2 Å². The highest BCUT2D eigenvalue weighted by Gasteiger charge is 2.11. The van der Waals surface area contributed by atoms with Gasteiger partial charge in [-0.2, -0.15) is 0 Å². The molecule has 1 aromatic rings. The van der Waals surface area contributed by atoms with Gasteiger partial charge in [-0.1, -0.05) is 18.2 Å². The molecule has 0 spiro atoms. The fourth-order valence-electron chi connectivity index (χ4n) is 1.85. The van der Waals surface area contributed by atoms with E-state index < -0.39 is 0 Å². The molecule has 1 heterocycles. The van der Waals surface area contributed by atoms with Crippen molar-refractivity contribution in [1.82, 2.24) is 15.5 Å². The Labute approximate surface area is 103 Å². The second kappa shape index (κ2) is 6.59. The van der Waals surface area contributed by atoms with Crippen LogP contribution in [0.25, 0.3) is 0 Å². The van der Waals surface area contributed by atoms with Crippen molar-refractivity contribution in [1.29, 1.82) is 0 Å². The lowest BCUT2D eigenvalue weighted by Crippen LogP contribution is -2.43. The Hall–Kier alpha value is -1.10. The topological polar surface area (TPSA) is 36.5 Å². The molecule has 0 amide bonds. The molecular weight excluding hydrogens is 214 g/mol. The number of rotatable bonds is 2. The van der Waals surface area contributed by atoms with Crippen LogP contribution in [0.1, 0.15) is 0 Å². The highest BCUT2D eigenvalue weighted by atomic mass is 16.5. The first kappa shape index (κ1) is 12.4. The minimum absolute atomic E-state index is 0.0453. The molecule has 1 fully saturated rings. The smallest absolute Gasteiger partial charge is 0.162 e. The van der Waals surface area contributed by atoms with Gasteiger partial charge < -0.3 is 15.0 Å². The summed E-state index contributed by atoms with van der Waals surface area (Å²) >= 11 is 0. The van der Waals surface area contributed by atoms with Crippen molar-refractivity contribution >= 4 is 0 Å². The zero-order chi connectivity index (χ0) is 11.9. The molecule has 1 aromatic carbocycles. The number of nitrogens with zero attached hydrogens (tertiary/aromatic N) is 1. The van der Waals surface area contributed by atoms with E-state index in [4.69, 9.17) is 4.74 Å². The molecule has 1 aliphatic rings. The number of para-hydroxylation sites is 1. The van der Waals surface area contributed by atoms with Crippen molar-refractivity contribution in [2.75, 3.05) is 39.8 Å². The average molecular weight is 235 g/mol. The Bertz CT molecular complexity index is 318. The van der Waals surface area contributed by atoms with E-state index in [0.717, 1.165) is 38.5 Å². The maximum atomic E-state index is 5.89.